The molecule has 9 heavy (non-hydrogen) atoms. The SMILES string of the molecule is CCc1cnc(CC)o1. The summed E-state index contributed by atoms with van der Waals surface area (Å²) in [5.41, 5.74) is 0. The zero-order chi connectivity index (χ0) is 6.69. The average Bonchev–Trinajstić information content (AvgIpc) is 2.34. The van der Waals surface area contributed by atoms with Crippen molar-refractivity contribution in [2.45, 2.75) is 26.7 Å². The van der Waals surface area contributed by atoms with Crippen LogP contribution >= 0.6 is 0 Å². The van der Waals surface area contributed by atoms with Gasteiger partial charge in [-0.2, -0.15) is 0 Å². The van der Waals surface area contributed by atoms with Gasteiger partial charge in [0, 0.05) is 12.8 Å². The maximum absolute atomic E-state index is 5.27. The van der Waals surface area contributed by atoms with Crippen molar-refractivity contribution in [3.63, 3.8) is 0 Å². The van der Waals surface area contributed by atoms with E-state index in [4.69, 9.17) is 4.42 Å². The molecule has 0 fully saturated rings. The molecule has 2 nitrogen and oxygen atoms in total. The highest BCUT2D eigenvalue weighted by Gasteiger charge is 1.96. The first-order chi connectivity index (χ1) is 4.36. The van der Waals surface area contributed by atoms with E-state index in [1.54, 1.807) is 6.20 Å². The van der Waals surface area contributed by atoms with Crippen LogP contribution in [0.2, 0.25) is 0 Å². The minimum absolute atomic E-state index is 0.840. The molecular formula is C7H11NO. The van der Waals surface area contributed by atoms with Gasteiger partial charge in [-0.05, 0) is 0 Å². The van der Waals surface area contributed by atoms with E-state index in [1.807, 2.05) is 6.92 Å². The van der Waals surface area contributed by atoms with Crippen molar-refractivity contribution in [3.05, 3.63) is 17.8 Å². The molecule has 0 N–H and O–H groups in total. The summed E-state index contributed by atoms with van der Waals surface area (Å²) >= 11 is 0. The second-order valence-corrected chi connectivity index (χ2v) is 1.93. The van der Waals surface area contributed by atoms with Crippen LogP contribution < -0.4 is 0 Å². The lowest BCUT2D eigenvalue weighted by atomic mass is 10.4. The van der Waals surface area contributed by atoms with Crippen LogP contribution in [0, 0.1) is 0 Å². The van der Waals surface area contributed by atoms with Gasteiger partial charge in [0.1, 0.15) is 5.76 Å². The molecule has 0 aromatic carbocycles. The van der Waals surface area contributed by atoms with Crippen LogP contribution in [0.25, 0.3) is 0 Å². The lowest BCUT2D eigenvalue weighted by Crippen LogP contribution is -1.74. The van der Waals surface area contributed by atoms with Crippen molar-refractivity contribution >= 4 is 0 Å². The molecule has 0 saturated carbocycles. The summed E-state index contributed by atoms with van der Waals surface area (Å²) in [7, 11) is 0. The Labute approximate surface area is 54.9 Å². The summed E-state index contributed by atoms with van der Waals surface area (Å²) < 4.78 is 5.27. The van der Waals surface area contributed by atoms with Crippen LogP contribution in [0.5, 0.6) is 0 Å². The van der Waals surface area contributed by atoms with Gasteiger partial charge in [-0.3, -0.25) is 0 Å². The molecule has 1 aromatic rings. The summed E-state index contributed by atoms with van der Waals surface area (Å²) in [6, 6.07) is 0. The van der Waals surface area contributed by atoms with Gasteiger partial charge in [-0.25, -0.2) is 4.98 Å². The monoisotopic (exact) mass is 125 g/mol. The molecule has 0 aliphatic heterocycles. The smallest absolute Gasteiger partial charge is 0.194 e. The molecule has 0 spiro atoms. The first kappa shape index (κ1) is 6.33. The van der Waals surface area contributed by atoms with Crippen LogP contribution in [0.4, 0.5) is 0 Å². The topological polar surface area (TPSA) is 26.0 Å². The standard InChI is InChI=1S/C7H11NO/c1-3-6-5-8-7(4-2)9-6/h5H,3-4H2,1-2H3. The van der Waals surface area contributed by atoms with Crippen molar-refractivity contribution in [2.75, 3.05) is 0 Å². The highest BCUT2D eigenvalue weighted by molar-refractivity contribution is 4.92. The third-order valence-corrected chi connectivity index (χ3v) is 1.25. The Kier molecular flexibility index (Phi) is 1.88. The third-order valence-electron chi connectivity index (χ3n) is 1.25. The summed E-state index contributed by atoms with van der Waals surface area (Å²) in [5.74, 6) is 1.82. The Balaban J connectivity index is 2.74. The number of rotatable bonds is 2. The van der Waals surface area contributed by atoms with E-state index < -0.39 is 0 Å². The first-order valence-electron chi connectivity index (χ1n) is 3.30. The number of hydrogen-bond donors (Lipinski definition) is 0. The van der Waals surface area contributed by atoms with Crippen LogP contribution in [-0.4, -0.2) is 4.98 Å². The highest BCUT2D eigenvalue weighted by Crippen LogP contribution is 2.03. The Bertz CT molecular complexity index is 162. The van der Waals surface area contributed by atoms with E-state index in [0.29, 0.717) is 0 Å². The van der Waals surface area contributed by atoms with Crippen molar-refractivity contribution in [1.82, 2.24) is 4.98 Å². The first-order valence-corrected chi connectivity index (χ1v) is 3.30. The summed E-state index contributed by atoms with van der Waals surface area (Å²) in [6.07, 6.45) is 3.62. The quantitative estimate of drug-likeness (QED) is 0.602. The molecule has 50 valence electrons. The summed E-state index contributed by atoms with van der Waals surface area (Å²) in [5, 5.41) is 0. The molecule has 2 heteroatoms. The minimum atomic E-state index is 0.840. The molecule has 1 rings (SSSR count). The minimum Gasteiger partial charge on any atom is -0.446 e. The molecule has 0 aliphatic rings. The molecule has 0 radical (unpaired) electrons. The van der Waals surface area contributed by atoms with Gasteiger partial charge in [0.25, 0.3) is 0 Å². The van der Waals surface area contributed by atoms with Crippen molar-refractivity contribution in [1.29, 1.82) is 0 Å². The molecule has 1 aromatic heterocycles. The second-order valence-electron chi connectivity index (χ2n) is 1.93. The van der Waals surface area contributed by atoms with Crippen LogP contribution in [-0.2, 0) is 12.8 Å². The normalized spacial score (nSPS) is 10.0. The number of oxazole rings is 1. The maximum atomic E-state index is 5.27. The van der Waals surface area contributed by atoms with Gasteiger partial charge >= 0.3 is 0 Å². The van der Waals surface area contributed by atoms with Gasteiger partial charge in [-0.1, -0.05) is 13.8 Å². The number of hydrogen-bond acceptors (Lipinski definition) is 2. The van der Waals surface area contributed by atoms with Crippen LogP contribution in [0.3, 0.4) is 0 Å². The predicted octanol–water partition coefficient (Wildman–Crippen LogP) is 1.80. The van der Waals surface area contributed by atoms with E-state index in [9.17, 15) is 0 Å². The number of aromatic nitrogens is 1. The molecular weight excluding hydrogens is 114 g/mol. The number of nitrogens with zero attached hydrogens (tertiary/aromatic N) is 1. The average molecular weight is 125 g/mol. The van der Waals surface area contributed by atoms with Gasteiger partial charge in [-0.15, -0.1) is 0 Å². The van der Waals surface area contributed by atoms with Gasteiger partial charge in [0.2, 0.25) is 0 Å². The maximum Gasteiger partial charge on any atom is 0.194 e. The number of aryl methyl sites for hydroxylation is 2. The predicted molar refractivity (Wildman–Crippen MR) is 35.3 cm³/mol. The third kappa shape index (κ3) is 1.31. The van der Waals surface area contributed by atoms with E-state index in [-0.39, 0.29) is 0 Å². The zero-order valence-electron chi connectivity index (χ0n) is 5.85. The van der Waals surface area contributed by atoms with Crippen molar-refractivity contribution in [2.24, 2.45) is 0 Å². The molecule has 0 amide bonds. The summed E-state index contributed by atoms with van der Waals surface area (Å²) in [4.78, 5) is 4.04. The van der Waals surface area contributed by atoms with Crippen LogP contribution in [0.15, 0.2) is 10.6 Å². The molecule has 0 aliphatic carbocycles. The molecule has 0 saturated heterocycles. The molecule has 0 unspecified atom stereocenters. The van der Waals surface area contributed by atoms with E-state index >= 15 is 0 Å². The Morgan fingerprint density at radius 3 is 2.56 bits per heavy atom. The Hall–Kier alpha value is -0.790. The highest BCUT2D eigenvalue weighted by atomic mass is 16.4. The van der Waals surface area contributed by atoms with Gasteiger partial charge < -0.3 is 4.42 Å². The van der Waals surface area contributed by atoms with Crippen LogP contribution in [0.1, 0.15) is 25.5 Å². The fourth-order valence-electron chi connectivity index (χ4n) is 0.675. The fourth-order valence-corrected chi connectivity index (χ4v) is 0.675. The lowest BCUT2D eigenvalue weighted by molar-refractivity contribution is 0.464. The van der Waals surface area contributed by atoms with Gasteiger partial charge in [0.05, 0.1) is 6.20 Å². The van der Waals surface area contributed by atoms with E-state index in [0.717, 1.165) is 24.5 Å². The molecule has 1 heterocycles. The van der Waals surface area contributed by atoms with E-state index in [2.05, 4.69) is 11.9 Å². The fraction of sp³-hybridized carbons (Fsp3) is 0.571. The van der Waals surface area contributed by atoms with Gasteiger partial charge in [0.15, 0.2) is 5.89 Å². The molecule has 0 atom stereocenters. The lowest BCUT2D eigenvalue weighted by Gasteiger charge is -1.84. The Morgan fingerprint density at radius 2 is 2.22 bits per heavy atom. The van der Waals surface area contributed by atoms with E-state index in [1.165, 1.54) is 0 Å². The molecule has 0 bridgehead atoms. The van der Waals surface area contributed by atoms with Crippen molar-refractivity contribution < 1.29 is 4.42 Å². The zero-order valence-corrected chi connectivity index (χ0v) is 5.85. The second kappa shape index (κ2) is 2.67. The summed E-state index contributed by atoms with van der Waals surface area (Å²) in [6.45, 7) is 4.09. The van der Waals surface area contributed by atoms with Crippen molar-refractivity contribution in [3.8, 4) is 0 Å². The Morgan fingerprint density at radius 1 is 1.44 bits per heavy atom. The largest absolute Gasteiger partial charge is 0.446 e.